The normalized spacial score (nSPS) is 13.4. The first kappa shape index (κ1) is 14.5. The molecule has 1 amide bonds. The van der Waals surface area contributed by atoms with Crippen LogP contribution in [0, 0.1) is 11.3 Å². The van der Waals surface area contributed by atoms with Gasteiger partial charge in [0.25, 0.3) is 0 Å². The minimum absolute atomic E-state index is 0.0918. The Kier molecular flexibility index (Phi) is 5.67. The minimum Gasteiger partial charge on any atom is -0.354 e. The molecule has 0 bridgehead atoms. The Morgan fingerprint density at radius 2 is 2.06 bits per heavy atom. The van der Waals surface area contributed by atoms with Crippen molar-refractivity contribution in [2.24, 2.45) is 0 Å². The van der Waals surface area contributed by atoms with Gasteiger partial charge in [-0.3, -0.25) is 4.79 Å². The molecule has 1 aromatic carbocycles. The van der Waals surface area contributed by atoms with Crippen LogP contribution in [0.1, 0.15) is 38.2 Å². The number of rotatable bonds is 5. The van der Waals surface area contributed by atoms with Crippen LogP contribution in [0.3, 0.4) is 0 Å². The van der Waals surface area contributed by atoms with Gasteiger partial charge in [0.15, 0.2) is 0 Å². The zero-order chi connectivity index (χ0) is 13.5. The van der Waals surface area contributed by atoms with Crippen molar-refractivity contribution < 1.29 is 4.79 Å². The molecule has 4 heteroatoms. The first-order valence-corrected chi connectivity index (χ1v) is 6.39. The number of nitrogens with zero attached hydrogens (tertiary/aromatic N) is 1. The number of hydrogen-bond donors (Lipinski definition) is 1. The molecule has 2 atom stereocenters. The molecular formula is C14H17ClN2O. The Morgan fingerprint density at radius 1 is 1.44 bits per heavy atom. The zero-order valence-corrected chi connectivity index (χ0v) is 11.4. The zero-order valence-electron chi connectivity index (χ0n) is 10.6. The van der Waals surface area contributed by atoms with Gasteiger partial charge in [0.05, 0.1) is 12.0 Å². The summed E-state index contributed by atoms with van der Waals surface area (Å²) in [5.41, 5.74) is 0.821. The molecule has 0 spiro atoms. The number of nitrogens with one attached hydrogen (secondary N) is 1. The van der Waals surface area contributed by atoms with Gasteiger partial charge in [-0.2, -0.15) is 5.26 Å². The van der Waals surface area contributed by atoms with E-state index >= 15 is 0 Å². The summed E-state index contributed by atoms with van der Waals surface area (Å²) >= 11 is 5.79. The number of carbonyl (C=O) groups excluding carboxylic acids is 1. The van der Waals surface area contributed by atoms with Gasteiger partial charge in [-0.25, -0.2) is 0 Å². The molecular weight excluding hydrogens is 248 g/mol. The topological polar surface area (TPSA) is 52.9 Å². The highest BCUT2D eigenvalue weighted by Crippen LogP contribution is 2.21. The number of nitriles is 1. The minimum atomic E-state index is -0.425. The van der Waals surface area contributed by atoms with E-state index < -0.39 is 5.92 Å². The third kappa shape index (κ3) is 4.38. The van der Waals surface area contributed by atoms with Gasteiger partial charge in [-0.15, -0.1) is 0 Å². The van der Waals surface area contributed by atoms with E-state index in [1.165, 1.54) is 0 Å². The number of benzene rings is 1. The second kappa shape index (κ2) is 7.03. The predicted octanol–water partition coefficient (Wildman–Crippen LogP) is 3.25. The van der Waals surface area contributed by atoms with Crippen LogP contribution in [-0.2, 0) is 4.79 Å². The van der Waals surface area contributed by atoms with E-state index in [0.717, 1.165) is 12.0 Å². The number of hydrogen-bond acceptors (Lipinski definition) is 2. The van der Waals surface area contributed by atoms with E-state index in [1.807, 2.05) is 13.8 Å². The molecule has 0 aliphatic carbocycles. The largest absolute Gasteiger partial charge is 0.354 e. The predicted molar refractivity (Wildman–Crippen MR) is 72.3 cm³/mol. The summed E-state index contributed by atoms with van der Waals surface area (Å²) in [7, 11) is 0. The van der Waals surface area contributed by atoms with E-state index in [0.29, 0.717) is 5.02 Å². The van der Waals surface area contributed by atoms with E-state index in [4.69, 9.17) is 16.9 Å². The fraction of sp³-hybridized carbons (Fsp3) is 0.429. The maximum atomic E-state index is 11.7. The van der Waals surface area contributed by atoms with Crippen molar-refractivity contribution >= 4 is 17.5 Å². The van der Waals surface area contributed by atoms with Gasteiger partial charge < -0.3 is 5.32 Å². The highest BCUT2D eigenvalue weighted by molar-refractivity contribution is 6.30. The lowest BCUT2D eigenvalue weighted by molar-refractivity contribution is -0.121. The highest BCUT2D eigenvalue weighted by Gasteiger charge is 2.16. The standard InChI is InChI=1S/C14H17ClN2O/c1-3-10(2)17-14(18)8-12(9-16)11-4-6-13(15)7-5-11/h4-7,10,12H,3,8H2,1-2H3,(H,17,18). The third-order valence-corrected chi connectivity index (χ3v) is 3.09. The van der Waals surface area contributed by atoms with Crippen LogP contribution in [0.15, 0.2) is 24.3 Å². The highest BCUT2D eigenvalue weighted by atomic mass is 35.5. The molecule has 1 rings (SSSR count). The van der Waals surface area contributed by atoms with Crippen LogP contribution in [0.5, 0.6) is 0 Å². The molecule has 0 heterocycles. The lowest BCUT2D eigenvalue weighted by atomic mass is 9.97. The van der Waals surface area contributed by atoms with Crippen molar-refractivity contribution in [2.75, 3.05) is 0 Å². The molecule has 0 radical (unpaired) electrons. The van der Waals surface area contributed by atoms with Crippen molar-refractivity contribution in [1.29, 1.82) is 5.26 Å². The molecule has 0 fully saturated rings. The molecule has 0 aliphatic heterocycles. The van der Waals surface area contributed by atoms with Gasteiger partial charge in [0, 0.05) is 17.5 Å². The van der Waals surface area contributed by atoms with E-state index in [1.54, 1.807) is 24.3 Å². The monoisotopic (exact) mass is 264 g/mol. The maximum absolute atomic E-state index is 11.7. The summed E-state index contributed by atoms with van der Waals surface area (Å²) in [6, 6.07) is 9.33. The van der Waals surface area contributed by atoms with Crippen LogP contribution in [0.4, 0.5) is 0 Å². The average molecular weight is 265 g/mol. The maximum Gasteiger partial charge on any atom is 0.221 e. The summed E-state index contributed by atoms with van der Waals surface area (Å²) in [4.78, 5) is 11.7. The Balaban J connectivity index is 2.65. The van der Waals surface area contributed by atoms with Crippen molar-refractivity contribution in [1.82, 2.24) is 5.32 Å². The molecule has 3 nitrogen and oxygen atoms in total. The summed E-state index contributed by atoms with van der Waals surface area (Å²) < 4.78 is 0. The van der Waals surface area contributed by atoms with Crippen LogP contribution < -0.4 is 5.32 Å². The first-order valence-electron chi connectivity index (χ1n) is 6.01. The fourth-order valence-corrected chi connectivity index (χ4v) is 1.68. The second-order valence-corrected chi connectivity index (χ2v) is 4.75. The lowest BCUT2D eigenvalue weighted by Gasteiger charge is -2.13. The van der Waals surface area contributed by atoms with Crippen LogP contribution in [-0.4, -0.2) is 11.9 Å². The van der Waals surface area contributed by atoms with Gasteiger partial charge in [0.2, 0.25) is 5.91 Å². The van der Waals surface area contributed by atoms with Crippen molar-refractivity contribution in [3.05, 3.63) is 34.9 Å². The number of carbonyl (C=O) groups is 1. The molecule has 0 aromatic heterocycles. The van der Waals surface area contributed by atoms with Crippen molar-refractivity contribution in [3.63, 3.8) is 0 Å². The summed E-state index contributed by atoms with van der Waals surface area (Å²) in [5.74, 6) is -0.517. The van der Waals surface area contributed by atoms with E-state index in [9.17, 15) is 4.79 Å². The summed E-state index contributed by atoms with van der Waals surface area (Å²) in [5, 5.41) is 12.6. The smallest absolute Gasteiger partial charge is 0.221 e. The van der Waals surface area contributed by atoms with Gasteiger partial charge in [-0.1, -0.05) is 30.7 Å². The number of halogens is 1. The van der Waals surface area contributed by atoms with Crippen LogP contribution >= 0.6 is 11.6 Å². The quantitative estimate of drug-likeness (QED) is 0.888. The van der Waals surface area contributed by atoms with Gasteiger partial charge in [0.1, 0.15) is 0 Å². The number of amides is 1. The van der Waals surface area contributed by atoms with E-state index in [2.05, 4.69) is 11.4 Å². The Bertz CT molecular complexity index is 436. The van der Waals surface area contributed by atoms with Crippen LogP contribution in [0.25, 0.3) is 0 Å². The third-order valence-electron chi connectivity index (χ3n) is 2.84. The molecule has 1 N–H and O–H groups in total. The molecule has 2 unspecified atom stereocenters. The Hall–Kier alpha value is -1.53. The summed E-state index contributed by atoms with van der Waals surface area (Å²) in [6.07, 6.45) is 1.06. The second-order valence-electron chi connectivity index (χ2n) is 4.31. The molecule has 0 saturated carbocycles. The van der Waals surface area contributed by atoms with Crippen LogP contribution in [0.2, 0.25) is 5.02 Å². The average Bonchev–Trinajstić information content (AvgIpc) is 2.37. The Morgan fingerprint density at radius 3 is 2.56 bits per heavy atom. The van der Waals surface area contributed by atoms with Gasteiger partial charge in [-0.05, 0) is 31.0 Å². The van der Waals surface area contributed by atoms with Crippen molar-refractivity contribution in [3.8, 4) is 6.07 Å². The first-order chi connectivity index (χ1) is 8.56. The molecule has 0 saturated heterocycles. The molecule has 1 aromatic rings. The fourth-order valence-electron chi connectivity index (χ4n) is 1.55. The van der Waals surface area contributed by atoms with Crippen molar-refractivity contribution in [2.45, 2.75) is 38.6 Å². The summed E-state index contributed by atoms with van der Waals surface area (Å²) in [6.45, 7) is 3.95. The molecule has 0 aliphatic rings. The lowest BCUT2D eigenvalue weighted by Crippen LogP contribution is -2.32. The SMILES string of the molecule is CCC(C)NC(=O)CC(C#N)c1ccc(Cl)cc1. The molecule has 18 heavy (non-hydrogen) atoms. The van der Waals surface area contributed by atoms with E-state index in [-0.39, 0.29) is 18.4 Å². The Labute approximate surface area is 113 Å². The molecule has 96 valence electrons. The van der Waals surface area contributed by atoms with Gasteiger partial charge >= 0.3 is 0 Å².